The van der Waals surface area contributed by atoms with E-state index < -0.39 is 0 Å². The SMILES string of the molecule is Cl.N[C@@H](c1ccsc1)c1ccco1. The summed E-state index contributed by atoms with van der Waals surface area (Å²) in [5, 5.41) is 4.05. The molecular weight excluding hydrogens is 206 g/mol. The van der Waals surface area contributed by atoms with Crippen LogP contribution >= 0.6 is 23.7 Å². The van der Waals surface area contributed by atoms with E-state index in [-0.39, 0.29) is 18.4 Å². The smallest absolute Gasteiger partial charge is 0.125 e. The van der Waals surface area contributed by atoms with Gasteiger partial charge in [-0.2, -0.15) is 11.3 Å². The van der Waals surface area contributed by atoms with Crippen molar-refractivity contribution in [1.29, 1.82) is 0 Å². The Kier molecular flexibility index (Phi) is 3.54. The maximum absolute atomic E-state index is 5.92. The number of furan rings is 1. The first-order chi connectivity index (χ1) is 5.88. The van der Waals surface area contributed by atoms with Gasteiger partial charge in [-0.15, -0.1) is 12.4 Å². The fourth-order valence-corrected chi connectivity index (χ4v) is 1.78. The van der Waals surface area contributed by atoms with E-state index in [1.54, 1.807) is 17.6 Å². The Balaban J connectivity index is 0.000000845. The summed E-state index contributed by atoms with van der Waals surface area (Å²) >= 11 is 1.64. The number of thiophene rings is 1. The van der Waals surface area contributed by atoms with Crippen LogP contribution in [0.15, 0.2) is 39.6 Å². The topological polar surface area (TPSA) is 39.2 Å². The molecule has 0 aliphatic rings. The average Bonchev–Trinajstić information content (AvgIpc) is 2.77. The van der Waals surface area contributed by atoms with E-state index >= 15 is 0 Å². The second-order valence-electron chi connectivity index (χ2n) is 2.55. The molecule has 2 aromatic heterocycles. The van der Waals surface area contributed by atoms with Crippen LogP contribution in [-0.4, -0.2) is 0 Å². The van der Waals surface area contributed by atoms with Gasteiger partial charge in [0.2, 0.25) is 0 Å². The van der Waals surface area contributed by atoms with E-state index in [4.69, 9.17) is 10.2 Å². The quantitative estimate of drug-likeness (QED) is 0.837. The predicted octanol–water partition coefficient (Wildman–Crippen LogP) is 2.81. The molecule has 0 bridgehead atoms. The van der Waals surface area contributed by atoms with Crippen LogP contribution in [0.4, 0.5) is 0 Å². The lowest BCUT2D eigenvalue weighted by atomic mass is 10.1. The molecule has 0 unspecified atom stereocenters. The van der Waals surface area contributed by atoms with Crippen LogP contribution in [0.25, 0.3) is 0 Å². The van der Waals surface area contributed by atoms with E-state index in [0.717, 1.165) is 11.3 Å². The molecule has 0 aliphatic heterocycles. The molecule has 0 aromatic carbocycles. The molecule has 2 aromatic rings. The van der Waals surface area contributed by atoms with Crippen molar-refractivity contribution in [3.05, 3.63) is 46.5 Å². The zero-order chi connectivity index (χ0) is 8.39. The van der Waals surface area contributed by atoms with Crippen molar-refractivity contribution in [2.24, 2.45) is 5.73 Å². The molecule has 0 radical (unpaired) electrons. The fourth-order valence-electron chi connectivity index (χ4n) is 1.08. The van der Waals surface area contributed by atoms with Crippen molar-refractivity contribution in [2.45, 2.75) is 6.04 Å². The van der Waals surface area contributed by atoms with Crippen LogP contribution in [0.5, 0.6) is 0 Å². The van der Waals surface area contributed by atoms with E-state index in [1.807, 2.05) is 29.0 Å². The highest BCUT2D eigenvalue weighted by atomic mass is 35.5. The molecule has 0 spiro atoms. The Morgan fingerprint density at radius 3 is 2.77 bits per heavy atom. The van der Waals surface area contributed by atoms with Crippen molar-refractivity contribution >= 4 is 23.7 Å². The van der Waals surface area contributed by atoms with Gasteiger partial charge in [-0.1, -0.05) is 0 Å². The maximum Gasteiger partial charge on any atom is 0.125 e. The van der Waals surface area contributed by atoms with Gasteiger partial charge in [-0.25, -0.2) is 0 Å². The zero-order valence-corrected chi connectivity index (χ0v) is 8.48. The highest BCUT2D eigenvalue weighted by molar-refractivity contribution is 7.07. The maximum atomic E-state index is 5.92. The van der Waals surface area contributed by atoms with Gasteiger partial charge < -0.3 is 10.2 Å². The van der Waals surface area contributed by atoms with Gasteiger partial charge in [0.1, 0.15) is 5.76 Å². The van der Waals surface area contributed by atoms with Gasteiger partial charge in [0.05, 0.1) is 12.3 Å². The molecule has 2 N–H and O–H groups in total. The Labute approximate surface area is 86.8 Å². The van der Waals surface area contributed by atoms with Gasteiger partial charge in [0.25, 0.3) is 0 Å². The highest BCUT2D eigenvalue weighted by Crippen LogP contribution is 2.21. The summed E-state index contributed by atoms with van der Waals surface area (Å²) in [6.45, 7) is 0. The number of nitrogens with two attached hydrogens (primary N) is 1. The molecule has 4 heteroatoms. The minimum absolute atomic E-state index is 0. The third-order valence-electron chi connectivity index (χ3n) is 1.75. The molecule has 0 aliphatic carbocycles. The first-order valence-corrected chi connectivity index (χ1v) is 4.63. The van der Waals surface area contributed by atoms with E-state index in [1.165, 1.54) is 0 Å². The Hall–Kier alpha value is -0.770. The molecule has 0 saturated heterocycles. The monoisotopic (exact) mass is 215 g/mol. The minimum atomic E-state index is -0.119. The van der Waals surface area contributed by atoms with Crippen LogP contribution in [0.3, 0.4) is 0 Å². The largest absolute Gasteiger partial charge is 0.467 e. The summed E-state index contributed by atoms with van der Waals surface area (Å²) in [5.74, 6) is 0.813. The van der Waals surface area contributed by atoms with Gasteiger partial charge in [-0.3, -0.25) is 0 Å². The van der Waals surface area contributed by atoms with E-state index in [0.29, 0.717) is 0 Å². The lowest BCUT2D eigenvalue weighted by Crippen LogP contribution is -2.09. The molecule has 0 amide bonds. The predicted molar refractivity (Wildman–Crippen MR) is 56.3 cm³/mol. The van der Waals surface area contributed by atoms with Crippen LogP contribution in [0.1, 0.15) is 17.4 Å². The lowest BCUT2D eigenvalue weighted by molar-refractivity contribution is 0.490. The van der Waals surface area contributed by atoms with Crippen molar-refractivity contribution in [3.63, 3.8) is 0 Å². The summed E-state index contributed by atoms with van der Waals surface area (Å²) in [5.41, 5.74) is 7.02. The second-order valence-corrected chi connectivity index (χ2v) is 3.33. The van der Waals surface area contributed by atoms with Crippen molar-refractivity contribution in [1.82, 2.24) is 0 Å². The van der Waals surface area contributed by atoms with Gasteiger partial charge in [-0.05, 0) is 34.5 Å². The van der Waals surface area contributed by atoms with Crippen LogP contribution in [0.2, 0.25) is 0 Å². The molecule has 2 heterocycles. The zero-order valence-electron chi connectivity index (χ0n) is 6.84. The van der Waals surface area contributed by atoms with Gasteiger partial charge in [0, 0.05) is 0 Å². The molecule has 70 valence electrons. The molecule has 13 heavy (non-hydrogen) atoms. The lowest BCUT2D eigenvalue weighted by Gasteiger charge is -2.04. The van der Waals surface area contributed by atoms with E-state index in [9.17, 15) is 0 Å². The number of hydrogen-bond donors (Lipinski definition) is 1. The average molecular weight is 216 g/mol. The normalized spacial score (nSPS) is 12.1. The van der Waals surface area contributed by atoms with Crippen LogP contribution in [-0.2, 0) is 0 Å². The van der Waals surface area contributed by atoms with Crippen molar-refractivity contribution in [2.75, 3.05) is 0 Å². The Morgan fingerprint density at radius 1 is 1.38 bits per heavy atom. The van der Waals surface area contributed by atoms with Crippen LogP contribution in [0, 0.1) is 0 Å². The van der Waals surface area contributed by atoms with Crippen molar-refractivity contribution in [3.8, 4) is 0 Å². The Morgan fingerprint density at radius 2 is 2.23 bits per heavy atom. The van der Waals surface area contributed by atoms with Crippen molar-refractivity contribution < 1.29 is 4.42 Å². The first-order valence-electron chi connectivity index (χ1n) is 3.69. The molecular formula is C9H10ClNOS. The van der Waals surface area contributed by atoms with E-state index in [2.05, 4.69) is 0 Å². The number of halogens is 1. The molecule has 0 saturated carbocycles. The fraction of sp³-hybridized carbons (Fsp3) is 0.111. The summed E-state index contributed by atoms with van der Waals surface area (Å²) in [6, 6.07) is 5.63. The summed E-state index contributed by atoms with van der Waals surface area (Å²) < 4.78 is 5.20. The number of hydrogen-bond acceptors (Lipinski definition) is 3. The molecule has 2 nitrogen and oxygen atoms in total. The summed E-state index contributed by atoms with van der Waals surface area (Å²) in [7, 11) is 0. The minimum Gasteiger partial charge on any atom is -0.467 e. The number of rotatable bonds is 2. The van der Waals surface area contributed by atoms with Gasteiger partial charge in [0.15, 0.2) is 0 Å². The standard InChI is InChI=1S/C9H9NOS.ClH/c10-9(7-3-5-12-6-7)8-2-1-4-11-8;/h1-6,9H,10H2;1H/t9-;/m0./s1. The Bertz CT molecular complexity index is 296. The first kappa shape index (κ1) is 10.3. The van der Waals surface area contributed by atoms with Crippen LogP contribution < -0.4 is 5.73 Å². The summed E-state index contributed by atoms with van der Waals surface area (Å²) in [6.07, 6.45) is 1.64. The molecule has 1 atom stereocenters. The third kappa shape index (κ3) is 2.12. The highest BCUT2D eigenvalue weighted by Gasteiger charge is 2.10. The molecule has 2 rings (SSSR count). The van der Waals surface area contributed by atoms with Gasteiger partial charge >= 0.3 is 0 Å². The second kappa shape index (κ2) is 4.46. The molecule has 0 fully saturated rings. The summed E-state index contributed by atoms with van der Waals surface area (Å²) in [4.78, 5) is 0. The third-order valence-corrected chi connectivity index (χ3v) is 2.45.